The maximum absolute atomic E-state index is 12.2. The number of esters is 1. The van der Waals surface area contributed by atoms with Crippen molar-refractivity contribution in [1.29, 1.82) is 0 Å². The van der Waals surface area contributed by atoms with Crippen LogP contribution in [0, 0.1) is 0 Å². The summed E-state index contributed by atoms with van der Waals surface area (Å²) in [6.07, 6.45) is 1.82. The van der Waals surface area contributed by atoms with Crippen LogP contribution in [-0.4, -0.2) is 31.1 Å². The van der Waals surface area contributed by atoms with Crippen LogP contribution in [0.5, 0.6) is 5.75 Å². The van der Waals surface area contributed by atoms with Crippen molar-refractivity contribution in [3.63, 3.8) is 0 Å². The molecule has 1 aliphatic heterocycles. The molecule has 0 spiro atoms. The molecule has 21 heavy (non-hydrogen) atoms. The van der Waals surface area contributed by atoms with Crippen LogP contribution in [0.3, 0.4) is 0 Å². The Labute approximate surface area is 124 Å². The molecule has 1 heterocycles. The highest BCUT2D eigenvalue weighted by Gasteiger charge is 2.35. The van der Waals surface area contributed by atoms with Gasteiger partial charge in [0, 0.05) is 12.1 Å². The van der Waals surface area contributed by atoms with Gasteiger partial charge in [-0.3, -0.25) is 9.69 Å². The Morgan fingerprint density at radius 2 is 1.95 bits per heavy atom. The molecule has 1 unspecified atom stereocenters. The third-order valence-electron chi connectivity index (χ3n) is 3.43. The Balaban J connectivity index is 2.23. The smallest absolute Gasteiger partial charge is 0.329 e. The molecule has 0 N–H and O–H groups in total. The Kier molecular flexibility index (Phi) is 5.20. The molecule has 114 valence electrons. The van der Waals surface area contributed by atoms with E-state index in [0.717, 1.165) is 12.2 Å². The molecule has 0 aliphatic carbocycles. The van der Waals surface area contributed by atoms with Gasteiger partial charge in [-0.2, -0.15) is 0 Å². The summed E-state index contributed by atoms with van der Waals surface area (Å²) in [5, 5.41) is 0. The summed E-state index contributed by atoms with van der Waals surface area (Å²) in [6.45, 7) is 4.59. The second-order valence-electron chi connectivity index (χ2n) is 4.85. The van der Waals surface area contributed by atoms with Gasteiger partial charge in [-0.1, -0.05) is 0 Å². The monoisotopic (exact) mass is 291 g/mol. The fourth-order valence-electron chi connectivity index (χ4n) is 2.53. The van der Waals surface area contributed by atoms with Crippen LogP contribution in [0.15, 0.2) is 24.3 Å². The van der Waals surface area contributed by atoms with Gasteiger partial charge in [0.15, 0.2) is 0 Å². The molecule has 0 bridgehead atoms. The van der Waals surface area contributed by atoms with E-state index in [4.69, 9.17) is 9.47 Å². The van der Waals surface area contributed by atoms with E-state index in [0.29, 0.717) is 31.7 Å². The molecule has 0 saturated carbocycles. The number of nitrogens with zero attached hydrogens (tertiary/aromatic N) is 1. The van der Waals surface area contributed by atoms with Crippen molar-refractivity contribution in [3.05, 3.63) is 24.3 Å². The third kappa shape index (κ3) is 3.54. The lowest BCUT2D eigenvalue weighted by Crippen LogP contribution is -2.49. The lowest BCUT2D eigenvalue weighted by atomic mass is 10.0. The van der Waals surface area contributed by atoms with Crippen LogP contribution in [0.1, 0.15) is 33.1 Å². The molecule has 1 fully saturated rings. The quantitative estimate of drug-likeness (QED) is 0.782. The number of amides is 1. The first-order valence-electron chi connectivity index (χ1n) is 7.39. The highest BCUT2D eigenvalue weighted by atomic mass is 16.5. The largest absolute Gasteiger partial charge is 0.494 e. The zero-order valence-corrected chi connectivity index (χ0v) is 12.5. The standard InChI is InChI=1S/C16H21NO4/c1-3-20-13-10-8-12(9-11-13)17-14(16(19)21-4-2)6-5-7-15(17)18/h8-11,14H,3-7H2,1-2H3. The van der Waals surface area contributed by atoms with Crippen LogP contribution in [0.25, 0.3) is 0 Å². The van der Waals surface area contributed by atoms with Gasteiger partial charge < -0.3 is 9.47 Å². The molecule has 5 heteroatoms. The minimum absolute atomic E-state index is 0.0385. The van der Waals surface area contributed by atoms with Crippen LogP contribution in [0.2, 0.25) is 0 Å². The van der Waals surface area contributed by atoms with Crippen molar-refractivity contribution in [2.45, 2.75) is 39.2 Å². The molecule has 1 amide bonds. The third-order valence-corrected chi connectivity index (χ3v) is 3.43. The van der Waals surface area contributed by atoms with Gasteiger partial charge in [0.1, 0.15) is 11.8 Å². The molecule has 1 aromatic carbocycles. The average Bonchev–Trinajstić information content (AvgIpc) is 2.48. The van der Waals surface area contributed by atoms with Gasteiger partial charge in [-0.15, -0.1) is 0 Å². The van der Waals surface area contributed by atoms with Gasteiger partial charge in [0.2, 0.25) is 5.91 Å². The normalized spacial score (nSPS) is 18.5. The molecule has 1 aliphatic rings. The number of benzene rings is 1. The number of ether oxygens (including phenoxy) is 2. The van der Waals surface area contributed by atoms with Gasteiger partial charge in [-0.25, -0.2) is 4.79 Å². The topological polar surface area (TPSA) is 55.8 Å². The Morgan fingerprint density at radius 1 is 1.24 bits per heavy atom. The van der Waals surface area contributed by atoms with Crippen molar-refractivity contribution in [3.8, 4) is 5.75 Å². The first-order valence-corrected chi connectivity index (χ1v) is 7.39. The van der Waals surface area contributed by atoms with Gasteiger partial charge >= 0.3 is 5.97 Å². The molecular formula is C16H21NO4. The van der Waals surface area contributed by atoms with Crippen molar-refractivity contribution < 1.29 is 19.1 Å². The number of rotatable bonds is 5. The van der Waals surface area contributed by atoms with Crippen molar-refractivity contribution in [2.24, 2.45) is 0 Å². The fraction of sp³-hybridized carbons (Fsp3) is 0.500. The summed E-state index contributed by atoms with van der Waals surface area (Å²) < 4.78 is 10.5. The van der Waals surface area contributed by atoms with Gasteiger partial charge in [0.25, 0.3) is 0 Å². The van der Waals surface area contributed by atoms with E-state index in [-0.39, 0.29) is 11.9 Å². The van der Waals surface area contributed by atoms with Crippen molar-refractivity contribution >= 4 is 17.6 Å². The van der Waals surface area contributed by atoms with E-state index in [9.17, 15) is 9.59 Å². The zero-order chi connectivity index (χ0) is 15.2. The zero-order valence-electron chi connectivity index (χ0n) is 12.5. The second kappa shape index (κ2) is 7.11. The minimum atomic E-state index is -0.524. The lowest BCUT2D eigenvalue weighted by molar-refractivity contribution is -0.146. The lowest BCUT2D eigenvalue weighted by Gasteiger charge is -2.34. The fourth-order valence-corrected chi connectivity index (χ4v) is 2.53. The SMILES string of the molecule is CCOC(=O)C1CCCC(=O)N1c1ccc(OCC)cc1. The summed E-state index contributed by atoms with van der Waals surface area (Å²) in [5.41, 5.74) is 0.709. The van der Waals surface area contributed by atoms with Crippen molar-refractivity contribution in [2.75, 3.05) is 18.1 Å². The maximum Gasteiger partial charge on any atom is 0.329 e. The molecule has 5 nitrogen and oxygen atoms in total. The van der Waals surface area contributed by atoms with Gasteiger partial charge in [-0.05, 0) is 51.0 Å². The van der Waals surface area contributed by atoms with E-state index in [1.807, 2.05) is 19.1 Å². The number of hydrogen-bond acceptors (Lipinski definition) is 4. The van der Waals surface area contributed by atoms with E-state index < -0.39 is 6.04 Å². The van der Waals surface area contributed by atoms with E-state index in [1.54, 1.807) is 24.0 Å². The molecule has 1 atom stereocenters. The van der Waals surface area contributed by atoms with Gasteiger partial charge in [0.05, 0.1) is 13.2 Å². The maximum atomic E-state index is 12.2. The molecule has 1 saturated heterocycles. The molecule has 0 radical (unpaired) electrons. The van der Waals surface area contributed by atoms with E-state index >= 15 is 0 Å². The van der Waals surface area contributed by atoms with E-state index in [2.05, 4.69) is 0 Å². The Hall–Kier alpha value is -2.04. The number of anilines is 1. The van der Waals surface area contributed by atoms with Crippen LogP contribution in [-0.2, 0) is 14.3 Å². The Bertz CT molecular complexity index is 498. The van der Waals surface area contributed by atoms with Crippen LogP contribution in [0.4, 0.5) is 5.69 Å². The summed E-state index contributed by atoms with van der Waals surface area (Å²) in [5.74, 6) is 0.376. The minimum Gasteiger partial charge on any atom is -0.494 e. The highest BCUT2D eigenvalue weighted by Crippen LogP contribution is 2.28. The van der Waals surface area contributed by atoms with Crippen LogP contribution < -0.4 is 9.64 Å². The molecule has 2 rings (SSSR count). The average molecular weight is 291 g/mol. The number of carbonyl (C=O) groups excluding carboxylic acids is 2. The first-order chi connectivity index (χ1) is 10.2. The van der Waals surface area contributed by atoms with Crippen LogP contribution >= 0.6 is 0 Å². The highest BCUT2D eigenvalue weighted by molar-refractivity contribution is 6.00. The number of carbonyl (C=O) groups is 2. The summed E-state index contributed by atoms with van der Waals surface area (Å²) in [7, 11) is 0. The molecule has 0 aromatic heterocycles. The first kappa shape index (κ1) is 15.4. The molecule has 1 aromatic rings. The van der Waals surface area contributed by atoms with E-state index in [1.165, 1.54) is 0 Å². The predicted molar refractivity (Wildman–Crippen MR) is 79.4 cm³/mol. The Morgan fingerprint density at radius 3 is 2.57 bits per heavy atom. The molecular weight excluding hydrogens is 270 g/mol. The van der Waals surface area contributed by atoms with Crippen molar-refractivity contribution in [1.82, 2.24) is 0 Å². The number of piperidine rings is 1. The summed E-state index contributed by atoms with van der Waals surface area (Å²) in [6, 6.07) is 6.70. The predicted octanol–water partition coefficient (Wildman–Crippen LogP) is 2.53. The summed E-state index contributed by atoms with van der Waals surface area (Å²) >= 11 is 0. The summed E-state index contributed by atoms with van der Waals surface area (Å²) in [4.78, 5) is 25.8. The second-order valence-corrected chi connectivity index (χ2v) is 4.85. The number of hydrogen-bond donors (Lipinski definition) is 0.